The molecule has 0 aromatic heterocycles. The second-order valence-corrected chi connectivity index (χ2v) is 5.60. The normalized spacial score (nSPS) is 12.9. The van der Waals surface area contributed by atoms with Crippen molar-refractivity contribution >= 4 is 17.9 Å². The Kier molecular flexibility index (Phi) is 6.31. The SMILES string of the molecule is CC(C)CC(NC(=O)NCC(C)(C)C(N)=O)C(=O)O. The van der Waals surface area contributed by atoms with Gasteiger partial charge in [-0.05, 0) is 26.2 Å². The number of aliphatic carboxylic acids is 1. The Hall–Kier alpha value is -1.79. The van der Waals surface area contributed by atoms with Crippen LogP contribution in [0, 0.1) is 11.3 Å². The minimum atomic E-state index is -1.09. The smallest absolute Gasteiger partial charge is 0.326 e. The second-order valence-electron chi connectivity index (χ2n) is 5.60. The summed E-state index contributed by atoms with van der Waals surface area (Å²) >= 11 is 0. The molecule has 0 rings (SSSR count). The molecule has 7 nitrogen and oxygen atoms in total. The van der Waals surface area contributed by atoms with Gasteiger partial charge in [0.2, 0.25) is 5.91 Å². The van der Waals surface area contributed by atoms with Gasteiger partial charge in [-0.2, -0.15) is 0 Å². The predicted molar refractivity (Wildman–Crippen MR) is 70.4 cm³/mol. The van der Waals surface area contributed by atoms with E-state index in [1.54, 1.807) is 13.8 Å². The minimum Gasteiger partial charge on any atom is -0.480 e. The molecule has 1 atom stereocenters. The van der Waals surface area contributed by atoms with Crippen LogP contribution < -0.4 is 16.4 Å². The summed E-state index contributed by atoms with van der Waals surface area (Å²) < 4.78 is 0. The van der Waals surface area contributed by atoms with Crippen LogP contribution in [0.3, 0.4) is 0 Å². The molecule has 0 saturated carbocycles. The van der Waals surface area contributed by atoms with Gasteiger partial charge in [0, 0.05) is 6.54 Å². The number of carbonyl (C=O) groups is 3. The molecule has 0 heterocycles. The number of nitrogens with two attached hydrogens (primary N) is 1. The summed E-state index contributed by atoms with van der Waals surface area (Å²) in [7, 11) is 0. The van der Waals surface area contributed by atoms with Crippen molar-refractivity contribution in [3.8, 4) is 0 Å². The molecule has 0 aliphatic rings. The third-order valence-electron chi connectivity index (χ3n) is 2.67. The van der Waals surface area contributed by atoms with Crippen LogP contribution in [0.5, 0.6) is 0 Å². The summed E-state index contributed by atoms with van der Waals surface area (Å²) in [5.41, 5.74) is 4.29. The van der Waals surface area contributed by atoms with Crippen LogP contribution in [0.15, 0.2) is 0 Å². The van der Waals surface area contributed by atoms with Gasteiger partial charge in [0.1, 0.15) is 6.04 Å². The number of rotatable bonds is 7. The summed E-state index contributed by atoms with van der Waals surface area (Å²) in [4.78, 5) is 33.6. The van der Waals surface area contributed by atoms with Crippen LogP contribution in [0.25, 0.3) is 0 Å². The van der Waals surface area contributed by atoms with E-state index in [-0.39, 0.29) is 12.5 Å². The van der Waals surface area contributed by atoms with Crippen molar-refractivity contribution in [3.63, 3.8) is 0 Å². The molecule has 0 aromatic rings. The molecule has 0 spiro atoms. The predicted octanol–water partition coefficient (Wildman–Crippen LogP) is 0.296. The number of amides is 3. The lowest BCUT2D eigenvalue weighted by Crippen LogP contribution is -2.50. The fourth-order valence-electron chi connectivity index (χ4n) is 1.29. The molecule has 0 aromatic carbocycles. The van der Waals surface area contributed by atoms with Gasteiger partial charge in [0.05, 0.1) is 5.41 Å². The van der Waals surface area contributed by atoms with E-state index in [4.69, 9.17) is 10.8 Å². The number of hydrogen-bond donors (Lipinski definition) is 4. The molecule has 0 fully saturated rings. The molecule has 3 amide bonds. The third kappa shape index (κ3) is 6.64. The van der Waals surface area contributed by atoms with Crippen molar-refractivity contribution in [2.45, 2.75) is 40.2 Å². The van der Waals surface area contributed by atoms with Gasteiger partial charge >= 0.3 is 12.0 Å². The van der Waals surface area contributed by atoms with Crippen LogP contribution in [-0.2, 0) is 9.59 Å². The first-order valence-corrected chi connectivity index (χ1v) is 6.13. The fourth-order valence-corrected chi connectivity index (χ4v) is 1.29. The third-order valence-corrected chi connectivity index (χ3v) is 2.67. The van der Waals surface area contributed by atoms with Crippen LogP contribution in [0.1, 0.15) is 34.1 Å². The molecule has 0 bridgehead atoms. The highest BCUT2D eigenvalue weighted by Gasteiger charge is 2.26. The van der Waals surface area contributed by atoms with E-state index >= 15 is 0 Å². The molecule has 0 aliphatic carbocycles. The number of carboxylic acids is 1. The summed E-state index contributed by atoms with van der Waals surface area (Å²) in [6.07, 6.45) is 0.335. The molecule has 0 aliphatic heterocycles. The number of hydrogen-bond acceptors (Lipinski definition) is 3. The number of nitrogens with one attached hydrogen (secondary N) is 2. The molecular formula is C12H23N3O4. The number of carboxylic acid groups (broad SMARTS) is 1. The monoisotopic (exact) mass is 273 g/mol. The van der Waals surface area contributed by atoms with E-state index < -0.39 is 29.4 Å². The van der Waals surface area contributed by atoms with Gasteiger partial charge in [0.15, 0.2) is 0 Å². The topological polar surface area (TPSA) is 122 Å². The first-order chi connectivity index (χ1) is 8.56. The first-order valence-electron chi connectivity index (χ1n) is 6.13. The fraction of sp³-hybridized carbons (Fsp3) is 0.750. The lowest BCUT2D eigenvalue weighted by Gasteiger charge is -2.22. The average Bonchev–Trinajstić information content (AvgIpc) is 2.24. The number of primary amides is 1. The molecule has 0 radical (unpaired) electrons. The van der Waals surface area contributed by atoms with Crippen molar-refractivity contribution in [2.24, 2.45) is 17.1 Å². The summed E-state index contributed by atoms with van der Waals surface area (Å²) in [5.74, 6) is -1.48. The van der Waals surface area contributed by atoms with Crippen molar-refractivity contribution in [1.29, 1.82) is 0 Å². The Morgan fingerprint density at radius 3 is 2.16 bits per heavy atom. The van der Waals surface area contributed by atoms with Crippen LogP contribution in [0.2, 0.25) is 0 Å². The molecule has 1 unspecified atom stereocenters. The largest absolute Gasteiger partial charge is 0.480 e. The summed E-state index contributed by atoms with van der Waals surface area (Å²) in [6, 6.07) is -1.57. The average molecular weight is 273 g/mol. The van der Waals surface area contributed by atoms with E-state index in [0.29, 0.717) is 6.42 Å². The van der Waals surface area contributed by atoms with Crippen LogP contribution in [0.4, 0.5) is 4.79 Å². The quantitative estimate of drug-likeness (QED) is 0.532. The molecule has 0 saturated heterocycles. The second kappa shape index (κ2) is 6.96. The van der Waals surface area contributed by atoms with Gasteiger partial charge in [-0.25, -0.2) is 9.59 Å². The highest BCUT2D eigenvalue weighted by molar-refractivity contribution is 5.84. The zero-order valence-electron chi connectivity index (χ0n) is 11.8. The van der Waals surface area contributed by atoms with Crippen molar-refractivity contribution < 1.29 is 19.5 Å². The Balaban J connectivity index is 4.36. The van der Waals surface area contributed by atoms with Gasteiger partial charge < -0.3 is 21.5 Å². The lowest BCUT2D eigenvalue weighted by atomic mass is 9.93. The van der Waals surface area contributed by atoms with E-state index in [2.05, 4.69) is 10.6 Å². The minimum absolute atomic E-state index is 0.0438. The van der Waals surface area contributed by atoms with Gasteiger partial charge in [-0.15, -0.1) is 0 Å². The molecule has 110 valence electrons. The van der Waals surface area contributed by atoms with Crippen LogP contribution in [-0.4, -0.2) is 35.6 Å². The molecule has 7 heteroatoms. The maximum Gasteiger partial charge on any atom is 0.326 e. The van der Waals surface area contributed by atoms with Crippen molar-refractivity contribution in [2.75, 3.05) is 6.54 Å². The van der Waals surface area contributed by atoms with Gasteiger partial charge in [0.25, 0.3) is 0 Å². The van der Waals surface area contributed by atoms with E-state index in [9.17, 15) is 14.4 Å². The van der Waals surface area contributed by atoms with Gasteiger partial charge in [-0.3, -0.25) is 4.79 Å². The van der Waals surface area contributed by atoms with Crippen molar-refractivity contribution in [3.05, 3.63) is 0 Å². The van der Waals surface area contributed by atoms with E-state index in [0.717, 1.165) is 0 Å². The molecular weight excluding hydrogens is 250 g/mol. The lowest BCUT2D eigenvalue weighted by molar-refractivity contribution is -0.139. The Morgan fingerprint density at radius 1 is 1.26 bits per heavy atom. The summed E-state index contributed by atoms with van der Waals surface area (Å²) in [5, 5.41) is 13.8. The van der Waals surface area contributed by atoms with Crippen molar-refractivity contribution in [1.82, 2.24) is 10.6 Å². The van der Waals surface area contributed by atoms with E-state index in [1.165, 1.54) is 0 Å². The highest BCUT2D eigenvalue weighted by atomic mass is 16.4. The summed E-state index contributed by atoms with van der Waals surface area (Å²) in [6.45, 7) is 6.97. The van der Waals surface area contributed by atoms with E-state index in [1.807, 2.05) is 13.8 Å². The van der Waals surface area contributed by atoms with Gasteiger partial charge in [-0.1, -0.05) is 13.8 Å². The maximum absolute atomic E-state index is 11.6. The Bertz CT molecular complexity index is 353. The number of urea groups is 1. The molecule has 5 N–H and O–H groups in total. The Labute approximate surface area is 112 Å². The standard InChI is InChI=1S/C12H23N3O4/c1-7(2)5-8(9(16)17)15-11(19)14-6-12(3,4)10(13)18/h7-8H,5-6H2,1-4H3,(H2,13,18)(H,16,17)(H2,14,15,19). The molecule has 19 heavy (non-hydrogen) atoms. The first kappa shape index (κ1) is 17.2. The zero-order valence-corrected chi connectivity index (χ0v) is 11.8. The Morgan fingerprint density at radius 2 is 1.79 bits per heavy atom. The zero-order chi connectivity index (χ0) is 15.2. The number of carbonyl (C=O) groups excluding carboxylic acids is 2. The highest BCUT2D eigenvalue weighted by Crippen LogP contribution is 2.11. The maximum atomic E-state index is 11.6. The van der Waals surface area contributed by atoms with Crippen LogP contribution >= 0.6 is 0 Å².